The highest BCUT2D eigenvalue weighted by atomic mass is 16.5. The van der Waals surface area contributed by atoms with Crippen LogP contribution in [-0.4, -0.2) is 43.9 Å². The topological polar surface area (TPSA) is 97.0 Å². The third kappa shape index (κ3) is 8.77. The van der Waals surface area contributed by atoms with Crippen LogP contribution in [0.3, 0.4) is 0 Å². The summed E-state index contributed by atoms with van der Waals surface area (Å²) < 4.78 is 9.86. The molecule has 0 fully saturated rings. The van der Waals surface area contributed by atoms with Crippen LogP contribution in [0.1, 0.15) is 44.7 Å². The Labute approximate surface area is 201 Å². The van der Waals surface area contributed by atoms with Crippen molar-refractivity contribution in [2.75, 3.05) is 31.4 Å². The van der Waals surface area contributed by atoms with Gasteiger partial charge in [0.25, 0.3) is 0 Å². The van der Waals surface area contributed by atoms with E-state index in [2.05, 4.69) is 36.1 Å². The number of rotatable bonds is 9. The number of methoxy groups -OCH3 is 1. The van der Waals surface area contributed by atoms with Crippen molar-refractivity contribution in [1.82, 2.24) is 4.90 Å². The van der Waals surface area contributed by atoms with E-state index in [0.717, 1.165) is 28.9 Å². The van der Waals surface area contributed by atoms with Gasteiger partial charge in [-0.15, -0.1) is 0 Å². The number of benzene rings is 2. The average Bonchev–Trinajstić information content (AvgIpc) is 2.84. The van der Waals surface area contributed by atoms with Gasteiger partial charge in [0.2, 0.25) is 0 Å². The molecular formula is C26H35N3O5. The molecule has 2 atom stereocenters. The molecule has 0 radical (unpaired) electrons. The average molecular weight is 470 g/mol. The molecule has 2 aromatic rings. The number of carbonyl (C=O) groups excluding carboxylic acids is 3. The van der Waals surface area contributed by atoms with Crippen LogP contribution in [0.2, 0.25) is 0 Å². The van der Waals surface area contributed by atoms with Crippen molar-refractivity contribution >= 4 is 29.6 Å². The second-order valence-corrected chi connectivity index (χ2v) is 8.61. The maximum absolute atomic E-state index is 12.1. The normalized spacial score (nSPS) is 12.3. The maximum atomic E-state index is 12.1. The third-order valence-electron chi connectivity index (χ3n) is 5.57. The molecule has 4 amide bonds. The molecule has 0 aliphatic rings. The molecule has 8 heteroatoms. The monoisotopic (exact) mass is 469 g/mol. The van der Waals surface area contributed by atoms with Crippen LogP contribution in [-0.2, 0) is 15.9 Å². The first-order valence-electron chi connectivity index (χ1n) is 11.5. The highest BCUT2D eigenvalue weighted by Gasteiger charge is 2.17. The minimum atomic E-state index is -0.739. The Morgan fingerprint density at radius 3 is 1.91 bits per heavy atom. The zero-order valence-corrected chi connectivity index (χ0v) is 20.6. The van der Waals surface area contributed by atoms with Crippen LogP contribution in [0.4, 0.5) is 25.8 Å². The maximum Gasteiger partial charge on any atom is 0.417 e. The van der Waals surface area contributed by atoms with Gasteiger partial charge in [-0.3, -0.25) is 5.32 Å². The summed E-state index contributed by atoms with van der Waals surface area (Å²) in [5.74, 6) is 0.953. The zero-order chi connectivity index (χ0) is 25.1. The van der Waals surface area contributed by atoms with Gasteiger partial charge >= 0.3 is 18.2 Å². The molecule has 0 bridgehead atoms. The number of anilines is 2. The smallest absolute Gasteiger partial charge is 0.417 e. The Bertz CT molecular complexity index is 944. The lowest BCUT2D eigenvalue weighted by atomic mass is 9.96. The van der Waals surface area contributed by atoms with E-state index >= 15 is 0 Å². The molecule has 34 heavy (non-hydrogen) atoms. The summed E-state index contributed by atoms with van der Waals surface area (Å²) in [7, 11) is 2.55. The van der Waals surface area contributed by atoms with Gasteiger partial charge in [-0.2, -0.15) is 0 Å². The largest absolute Gasteiger partial charge is 0.452 e. The van der Waals surface area contributed by atoms with Crippen LogP contribution in [0.15, 0.2) is 48.5 Å². The Kier molecular flexibility index (Phi) is 10.4. The summed E-state index contributed by atoms with van der Waals surface area (Å²) in [5.41, 5.74) is 3.37. The Morgan fingerprint density at radius 2 is 1.41 bits per heavy atom. The van der Waals surface area contributed by atoms with Gasteiger partial charge < -0.3 is 14.8 Å². The summed E-state index contributed by atoms with van der Waals surface area (Å²) in [5, 5.41) is 5.40. The highest BCUT2D eigenvalue weighted by molar-refractivity contribution is 5.98. The van der Waals surface area contributed by atoms with Gasteiger partial charge in [0.15, 0.2) is 0 Å². The van der Waals surface area contributed by atoms with Crippen LogP contribution in [0.5, 0.6) is 0 Å². The SMILES string of the molecule is CCC(C)CC(C)COC(=O)Nc1ccc(Cc2ccc(NC(=O)N(C)C(=O)OC)cc2)cc1. The molecule has 0 heterocycles. The van der Waals surface area contributed by atoms with E-state index < -0.39 is 18.2 Å². The number of hydrogen-bond donors (Lipinski definition) is 2. The van der Waals surface area contributed by atoms with Crippen LogP contribution in [0, 0.1) is 11.8 Å². The molecule has 0 aliphatic heterocycles. The molecule has 2 N–H and O–H groups in total. The number of nitrogens with one attached hydrogen (secondary N) is 2. The fraction of sp³-hybridized carbons (Fsp3) is 0.423. The van der Waals surface area contributed by atoms with Gasteiger partial charge in [0.05, 0.1) is 13.7 Å². The number of imide groups is 1. The van der Waals surface area contributed by atoms with Gasteiger partial charge in [0.1, 0.15) is 0 Å². The van der Waals surface area contributed by atoms with Crippen molar-refractivity contribution in [3.05, 3.63) is 59.7 Å². The summed E-state index contributed by atoms with van der Waals surface area (Å²) in [4.78, 5) is 36.3. The zero-order valence-electron chi connectivity index (χ0n) is 20.6. The van der Waals surface area contributed by atoms with E-state index in [1.54, 1.807) is 12.1 Å². The van der Waals surface area contributed by atoms with E-state index in [1.165, 1.54) is 14.2 Å². The second-order valence-electron chi connectivity index (χ2n) is 8.61. The molecule has 0 aliphatic carbocycles. The van der Waals surface area contributed by atoms with E-state index in [1.807, 2.05) is 36.4 Å². The number of hydrogen-bond acceptors (Lipinski definition) is 5. The summed E-state index contributed by atoms with van der Waals surface area (Å²) in [6.45, 7) is 6.87. The second kappa shape index (κ2) is 13.2. The lowest BCUT2D eigenvalue weighted by molar-refractivity contribution is 0.137. The number of ether oxygens (including phenoxy) is 2. The predicted molar refractivity (Wildman–Crippen MR) is 133 cm³/mol. The molecule has 0 saturated heterocycles. The van der Waals surface area contributed by atoms with Crippen LogP contribution in [0.25, 0.3) is 0 Å². The first-order chi connectivity index (χ1) is 16.2. The molecule has 2 unspecified atom stereocenters. The minimum absolute atomic E-state index is 0.330. The lowest BCUT2D eigenvalue weighted by Gasteiger charge is -2.16. The van der Waals surface area contributed by atoms with E-state index in [0.29, 0.717) is 36.2 Å². The molecule has 2 rings (SSSR count). The fourth-order valence-electron chi connectivity index (χ4n) is 3.37. The first kappa shape index (κ1) is 26.7. The molecule has 2 aromatic carbocycles. The molecule has 184 valence electrons. The Balaban J connectivity index is 1.82. The summed E-state index contributed by atoms with van der Waals surface area (Å²) >= 11 is 0. The number of urea groups is 1. The predicted octanol–water partition coefficient (Wildman–Crippen LogP) is 6.13. The van der Waals surface area contributed by atoms with Gasteiger partial charge in [-0.25, -0.2) is 19.3 Å². The van der Waals surface area contributed by atoms with Crippen molar-refractivity contribution in [2.24, 2.45) is 11.8 Å². The fourth-order valence-corrected chi connectivity index (χ4v) is 3.37. The molecule has 0 spiro atoms. The number of amides is 4. The summed E-state index contributed by atoms with van der Waals surface area (Å²) in [6.07, 6.45) is 1.67. The number of nitrogens with zero attached hydrogens (tertiary/aromatic N) is 1. The lowest BCUT2D eigenvalue weighted by Crippen LogP contribution is -2.36. The highest BCUT2D eigenvalue weighted by Crippen LogP contribution is 2.18. The van der Waals surface area contributed by atoms with E-state index in [-0.39, 0.29) is 0 Å². The Hall–Kier alpha value is -3.55. The van der Waals surface area contributed by atoms with Gasteiger partial charge in [-0.05, 0) is 60.1 Å². The van der Waals surface area contributed by atoms with Gasteiger partial charge in [-0.1, -0.05) is 51.5 Å². The molecular weight excluding hydrogens is 434 g/mol. The summed E-state index contributed by atoms with van der Waals surface area (Å²) in [6, 6.07) is 14.3. The van der Waals surface area contributed by atoms with Crippen molar-refractivity contribution in [1.29, 1.82) is 0 Å². The van der Waals surface area contributed by atoms with Gasteiger partial charge in [0, 0.05) is 18.4 Å². The van der Waals surface area contributed by atoms with Crippen LogP contribution < -0.4 is 10.6 Å². The number of carbonyl (C=O) groups is 3. The molecule has 0 aromatic heterocycles. The van der Waals surface area contributed by atoms with Crippen molar-refractivity contribution in [3.63, 3.8) is 0 Å². The quantitative estimate of drug-likeness (QED) is 0.461. The molecule has 0 saturated carbocycles. The Morgan fingerprint density at radius 1 is 0.882 bits per heavy atom. The molecule has 8 nitrogen and oxygen atoms in total. The first-order valence-corrected chi connectivity index (χ1v) is 11.5. The van der Waals surface area contributed by atoms with Crippen molar-refractivity contribution < 1.29 is 23.9 Å². The van der Waals surface area contributed by atoms with Crippen molar-refractivity contribution in [3.8, 4) is 0 Å². The standard InChI is InChI=1S/C26H35N3O5/c1-6-18(2)15-19(3)17-34-25(31)28-23-13-9-21(10-14-23)16-20-7-11-22(12-8-20)27-24(30)29(4)26(32)33-5/h7-14,18-19H,6,15-17H2,1-5H3,(H,27,30)(H,28,31). The minimum Gasteiger partial charge on any atom is -0.452 e. The van der Waals surface area contributed by atoms with Crippen LogP contribution >= 0.6 is 0 Å². The van der Waals surface area contributed by atoms with E-state index in [9.17, 15) is 14.4 Å². The third-order valence-corrected chi connectivity index (χ3v) is 5.57. The van der Waals surface area contributed by atoms with Crippen molar-refractivity contribution in [2.45, 2.75) is 40.0 Å². The van der Waals surface area contributed by atoms with E-state index in [4.69, 9.17) is 4.74 Å².